The summed E-state index contributed by atoms with van der Waals surface area (Å²) in [6, 6.07) is 8.08. The van der Waals surface area contributed by atoms with Crippen LogP contribution < -0.4 is 10.1 Å². The van der Waals surface area contributed by atoms with Crippen LogP contribution in [0.4, 0.5) is 0 Å². The van der Waals surface area contributed by atoms with Gasteiger partial charge in [0.15, 0.2) is 0 Å². The maximum atomic E-state index is 6.26. The second-order valence-corrected chi connectivity index (χ2v) is 5.24. The number of nitrogens with zero attached hydrogens (tertiary/aromatic N) is 1. The first kappa shape index (κ1) is 15.8. The van der Waals surface area contributed by atoms with Crippen molar-refractivity contribution in [2.45, 2.75) is 26.8 Å². The van der Waals surface area contributed by atoms with Crippen molar-refractivity contribution in [3.05, 3.63) is 58.4 Å². The number of nitrogens with one attached hydrogen (secondary N) is 1. The van der Waals surface area contributed by atoms with Crippen molar-refractivity contribution in [2.75, 3.05) is 13.2 Å². The third-order valence-corrected chi connectivity index (χ3v) is 3.82. The summed E-state index contributed by atoms with van der Waals surface area (Å²) in [5.74, 6) is 0.789. The Bertz CT molecular complexity index is 601. The number of aromatic nitrogens is 1. The largest absolute Gasteiger partial charge is 0.492 e. The van der Waals surface area contributed by atoms with Gasteiger partial charge in [-0.1, -0.05) is 30.7 Å². The second-order valence-electron chi connectivity index (χ2n) is 4.83. The van der Waals surface area contributed by atoms with Crippen LogP contribution in [0.5, 0.6) is 5.75 Å². The van der Waals surface area contributed by atoms with E-state index in [1.54, 1.807) is 6.20 Å². The molecule has 0 fully saturated rings. The van der Waals surface area contributed by atoms with Crippen LogP contribution in [0.3, 0.4) is 0 Å². The molecule has 0 saturated heterocycles. The molecule has 0 aliphatic rings. The number of hydrogen-bond acceptors (Lipinski definition) is 3. The lowest BCUT2D eigenvalue weighted by atomic mass is 9.96. The highest BCUT2D eigenvalue weighted by molar-refractivity contribution is 6.31. The van der Waals surface area contributed by atoms with E-state index in [-0.39, 0.29) is 6.04 Å². The molecule has 112 valence electrons. The van der Waals surface area contributed by atoms with Crippen molar-refractivity contribution in [3.8, 4) is 5.75 Å². The molecule has 0 amide bonds. The molecule has 3 nitrogen and oxygen atoms in total. The van der Waals surface area contributed by atoms with Crippen LogP contribution in [0.2, 0.25) is 5.02 Å². The molecule has 0 saturated carbocycles. The maximum absolute atomic E-state index is 6.26. The highest BCUT2D eigenvalue weighted by atomic mass is 35.5. The molecule has 2 rings (SSSR count). The molecule has 2 aromatic rings. The van der Waals surface area contributed by atoms with E-state index in [0.29, 0.717) is 6.61 Å². The molecule has 1 unspecified atom stereocenters. The third kappa shape index (κ3) is 3.74. The number of pyridine rings is 1. The average molecular weight is 305 g/mol. The second kappa shape index (κ2) is 7.43. The van der Waals surface area contributed by atoms with E-state index in [0.717, 1.165) is 28.4 Å². The summed E-state index contributed by atoms with van der Waals surface area (Å²) in [5.41, 5.74) is 3.33. The zero-order valence-corrected chi connectivity index (χ0v) is 13.4. The normalized spacial score (nSPS) is 12.2. The fraction of sp³-hybridized carbons (Fsp3) is 0.353. The van der Waals surface area contributed by atoms with Crippen LogP contribution in [0.1, 0.15) is 36.6 Å². The summed E-state index contributed by atoms with van der Waals surface area (Å²) in [5, 5.41) is 4.28. The van der Waals surface area contributed by atoms with Gasteiger partial charge >= 0.3 is 0 Å². The van der Waals surface area contributed by atoms with Gasteiger partial charge < -0.3 is 10.1 Å². The molecule has 0 bridgehead atoms. The highest BCUT2D eigenvalue weighted by Gasteiger charge is 2.17. The molecular weight excluding hydrogens is 284 g/mol. The van der Waals surface area contributed by atoms with E-state index < -0.39 is 0 Å². The molecular formula is C17H21ClN2O. The summed E-state index contributed by atoms with van der Waals surface area (Å²) >= 11 is 6.26. The van der Waals surface area contributed by atoms with Gasteiger partial charge in [0.05, 0.1) is 18.8 Å². The van der Waals surface area contributed by atoms with Gasteiger partial charge in [0.25, 0.3) is 0 Å². The van der Waals surface area contributed by atoms with E-state index in [1.807, 2.05) is 38.2 Å². The minimum Gasteiger partial charge on any atom is -0.492 e. The Morgan fingerprint density at radius 2 is 2.10 bits per heavy atom. The fourth-order valence-corrected chi connectivity index (χ4v) is 2.57. The Morgan fingerprint density at radius 1 is 1.29 bits per heavy atom. The molecule has 1 aromatic heterocycles. The van der Waals surface area contributed by atoms with Crippen molar-refractivity contribution >= 4 is 11.6 Å². The number of ether oxygens (including phenoxy) is 1. The van der Waals surface area contributed by atoms with Gasteiger partial charge in [-0.15, -0.1) is 0 Å². The minimum absolute atomic E-state index is 0.0570. The topological polar surface area (TPSA) is 34.2 Å². The van der Waals surface area contributed by atoms with E-state index in [2.05, 4.69) is 23.3 Å². The summed E-state index contributed by atoms with van der Waals surface area (Å²) in [4.78, 5) is 4.29. The molecule has 0 spiro atoms. The van der Waals surface area contributed by atoms with Crippen molar-refractivity contribution in [2.24, 2.45) is 0 Å². The van der Waals surface area contributed by atoms with Crippen LogP contribution in [0.15, 0.2) is 36.7 Å². The quantitative estimate of drug-likeness (QED) is 0.871. The maximum Gasteiger partial charge on any atom is 0.137 e. The highest BCUT2D eigenvalue weighted by Crippen LogP contribution is 2.29. The van der Waals surface area contributed by atoms with E-state index in [4.69, 9.17) is 16.3 Å². The molecule has 1 N–H and O–H groups in total. The lowest BCUT2D eigenvalue weighted by Gasteiger charge is -2.21. The van der Waals surface area contributed by atoms with Crippen LogP contribution in [0.25, 0.3) is 0 Å². The minimum atomic E-state index is 0.0570. The standard InChI is InChI=1S/C17H21ClN2O/c1-4-20-17(15-7-6-8-16(18)12(15)3)13-9-14(21-5-2)11-19-10-13/h6-11,17,20H,4-5H2,1-3H3. The van der Waals surface area contributed by atoms with Crippen molar-refractivity contribution < 1.29 is 4.74 Å². The van der Waals surface area contributed by atoms with Crippen molar-refractivity contribution in [3.63, 3.8) is 0 Å². The van der Waals surface area contributed by atoms with Gasteiger partial charge in [-0.3, -0.25) is 4.98 Å². The monoisotopic (exact) mass is 304 g/mol. The molecule has 21 heavy (non-hydrogen) atoms. The van der Waals surface area contributed by atoms with E-state index >= 15 is 0 Å². The summed E-state index contributed by atoms with van der Waals surface area (Å²) < 4.78 is 5.55. The zero-order chi connectivity index (χ0) is 15.2. The Labute approximate surface area is 131 Å². The van der Waals surface area contributed by atoms with Crippen LogP contribution >= 0.6 is 11.6 Å². The molecule has 0 radical (unpaired) electrons. The van der Waals surface area contributed by atoms with Gasteiger partial charge in [0.2, 0.25) is 0 Å². The summed E-state index contributed by atoms with van der Waals surface area (Å²) in [7, 11) is 0. The number of benzene rings is 1. The van der Waals surface area contributed by atoms with Crippen molar-refractivity contribution in [1.82, 2.24) is 10.3 Å². The lowest BCUT2D eigenvalue weighted by molar-refractivity contribution is 0.338. The number of hydrogen-bond donors (Lipinski definition) is 1. The van der Waals surface area contributed by atoms with Crippen LogP contribution in [-0.2, 0) is 0 Å². The lowest BCUT2D eigenvalue weighted by Crippen LogP contribution is -2.23. The smallest absolute Gasteiger partial charge is 0.137 e. The van der Waals surface area contributed by atoms with Crippen LogP contribution in [0, 0.1) is 6.92 Å². The fourth-order valence-electron chi connectivity index (χ4n) is 2.39. The number of rotatable bonds is 6. The predicted octanol–water partition coefficient (Wildman–Crippen LogP) is 4.14. The average Bonchev–Trinajstić information content (AvgIpc) is 2.49. The Hall–Kier alpha value is -1.58. The predicted molar refractivity (Wildman–Crippen MR) is 87.1 cm³/mol. The third-order valence-electron chi connectivity index (χ3n) is 3.41. The van der Waals surface area contributed by atoms with Gasteiger partial charge in [-0.05, 0) is 49.2 Å². The molecule has 1 heterocycles. The van der Waals surface area contributed by atoms with E-state index in [1.165, 1.54) is 5.56 Å². The van der Waals surface area contributed by atoms with Gasteiger partial charge in [-0.2, -0.15) is 0 Å². The molecule has 0 aliphatic heterocycles. The Kier molecular flexibility index (Phi) is 5.59. The summed E-state index contributed by atoms with van der Waals surface area (Å²) in [6.45, 7) is 7.59. The summed E-state index contributed by atoms with van der Waals surface area (Å²) in [6.07, 6.45) is 3.61. The first-order valence-electron chi connectivity index (χ1n) is 7.23. The van der Waals surface area contributed by atoms with Crippen LogP contribution in [-0.4, -0.2) is 18.1 Å². The van der Waals surface area contributed by atoms with Gasteiger partial charge in [-0.25, -0.2) is 0 Å². The molecule has 0 aliphatic carbocycles. The van der Waals surface area contributed by atoms with E-state index in [9.17, 15) is 0 Å². The molecule has 1 atom stereocenters. The molecule has 4 heteroatoms. The zero-order valence-electron chi connectivity index (χ0n) is 12.7. The first-order chi connectivity index (χ1) is 10.2. The Balaban J connectivity index is 2.43. The molecule has 1 aromatic carbocycles. The van der Waals surface area contributed by atoms with Crippen molar-refractivity contribution in [1.29, 1.82) is 0 Å². The first-order valence-corrected chi connectivity index (χ1v) is 7.61. The van der Waals surface area contributed by atoms with Gasteiger partial charge in [0, 0.05) is 11.2 Å². The number of halogens is 1. The SMILES string of the molecule is CCNC(c1cncc(OCC)c1)c1cccc(Cl)c1C. The Morgan fingerprint density at radius 3 is 2.81 bits per heavy atom. The van der Waals surface area contributed by atoms with Gasteiger partial charge in [0.1, 0.15) is 5.75 Å².